The predicted octanol–water partition coefficient (Wildman–Crippen LogP) is 3.47. The number of aliphatic hydroxyl groups is 1. The maximum atomic E-state index is 9.67. The SMILES string of the molecule is CN=C(NCc1ccc(CN2CCC(O)CC2)cc1)N1CCSC2(CCCCC2)C1. The molecule has 1 aliphatic carbocycles. The Bertz CT molecular complexity index is 688. The molecule has 30 heavy (non-hydrogen) atoms. The highest BCUT2D eigenvalue weighted by molar-refractivity contribution is 8.00. The molecule has 1 aromatic rings. The number of thioether (sulfide) groups is 1. The number of benzene rings is 1. The lowest BCUT2D eigenvalue weighted by Crippen LogP contribution is -2.53. The summed E-state index contributed by atoms with van der Waals surface area (Å²) in [5, 5.41) is 13.3. The minimum absolute atomic E-state index is 0.101. The van der Waals surface area contributed by atoms with Crippen LogP contribution in [0.5, 0.6) is 0 Å². The van der Waals surface area contributed by atoms with Crippen molar-refractivity contribution in [3.8, 4) is 0 Å². The number of piperidine rings is 1. The average Bonchev–Trinajstić information content (AvgIpc) is 2.77. The van der Waals surface area contributed by atoms with Crippen LogP contribution in [-0.4, -0.2) is 70.7 Å². The van der Waals surface area contributed by atoms with Gasteiger partial charge >= 0.3 is 0 Å². The number of aliphatic hydroxyl groups excluding tert-OH is 1. The Morgan fingerprint density at radius 3 is 2.50 bits per heavy atom. The summed E-state index contributed by atoms with van der Waals surface area (Å²) in [6.45, 7) is 6.03. The Balaban J connectivity index is 1.27. The molecule has 2 heterocycles. The molecule has 166 valence electrons. The van der Waals surface area contributed by atoms with Crippen LogP contribution in [0.1, 0.15) is 56.1 Å². The molecule has 3 aliphatic rings. The number of nitrogens with zero attached hydrogens (tertiary/aromatic N) is 3. The van der Waals surface area contributed by atoms with E-state index in [0.29, 0.717) is 4.75 Å². The molecule has 1 aromatic carbocycles. The zero-order valence-corrected chi connectivity index (χ0v) is 19.3. The van der Waals surface area contributed by atoms with Gasteiger partial charge in [0.25, 0.3) is 0 Å². The van der Waals surface area contributed by atoms with E-state index in [2.05, 4.69) is 56.1 Å². The number of guanidine groups is 1. The third kappa shape index (κ3) is 5.71. The molecule has 2 aliphatic heterocycles. The normalized spacial score (nSPS) is 23.7. The van der Waals surface area contributed by atoms with Crippen molar-refractivity contribution in [2.24, 2.45) is 4.99 Å². The van der Waals surface area contributed by atoms with Crippen LogP contribution in [0.25, 0.3) is 0 Å². The van der Waals surface area contributed by atoms with E-state index in [0.717, 1.165) is 58.1 Å². The molecular formula is C24H38N4OS. The first-order valence-corrected chi connectivity index (χ1v) is 12.7. The van der Waals surface area contributed by atoms with Gasteiger partial charge in [-0.15, -0.1) is 0 Å². The van der Waals surface area contributed by atoms with E-state index in [1.54, 1.807) is 0 Å². The average molecular weight is 431 g/mol. The van der Waals surface area contributed by atoms with Crippen molar-refractivity contribution < 1.29 is 5.11 Å². The van der Waals surface area contributed by atoms with Gasteiger partial charge in [0.05, 0.1) is 6.10 Å². The van der Waals surface area contributed by atoms with Crippen molar-refractivity contribution in [3.63, 3.8) is 0 Å². The van der Waals surface area contributed by atoms with Crippen molar-refractivity contribution in [3.05, 3.63) is 35.4 Å². The Kier molecular flexibility index (Phi) is 7.60. The molecule has 5 nitrogen and oxygen atoms in total. The first kappa shape index (κ1) is 22.0. The highest BCUT2D eigenvalue weighted by atomic mass is 32.2. The number of likely N-dealkylation sites (tertiary alicyclic amines) is 1. The fourth-order valence-electron chi connectivity index (χ4n) is 5.14. The van der Waals surface area contributed by atoms with Gasteiger partial charge in [-0.1, -0.05) is 43.5 Å². The number of aliphatic imine (C=N–C) groups is 1. The minimum Gasteiger partial charge on any atom is -0.393 e. The molecular weight excluding hydrogens is 392 g/mol. The monoisotopic (exact) mass is 430 g/mol. The van der Waals surface area contributed by atoms with Crippen LogP contribution in [-0.2, 0) is 13.1 Å². The summed E-state index contributed by atoms with van der Waals surface area (Å²) < 4.78 is 0.459. The number of hydrogen-bond donors (Lipinski definition) is 2. The van der Waals surface area contributed by atoms with E-state index >= 15 is 0 Å². The molecule has 3 fully saturated rings. The van der Waals surface area contributed by atoms with Gasteiger partial charge in [0.2, 0.25) is 0 Å². The molecule has 0 radical (unpaired) electrons. The van der Waals surface area contributed by atoms with Crippen molar-refractivity contribution in [1.29, 1.82) is 0 Å². The second-order valence-electron chi connectivity index (χ2n) is 9.24. The quantitative estimate of drug-likeness (QED) is 0.566. The summed E-state index contributed by atoms with van der Waals surface area (Å²) in [5.74, 6) is 2.26. The number of hydrogen-bond acceptors (Lipinski definition) is 4. The first-order chi connectivity index (χ1) is 14.7. The lowest BCUT2D eigenvalue weighted by Gasteiger charge is -2.45. The topological polar surface area (TPSA) is 51.1 Å². The molecule has 4 rings (SSSR count). The minimum atomic E-state index is -0.101. The molecule has 1 saturated carbocycles. The molecule has 6 heteroatoms. The second kappa shape index (κ2) is 10.4. The fourth-order valence-corrected chi connectivity index (χ4v) is 6.70. The summed E-state index contributed by atoms with van der Waals surface area (Å²) in [7, 11) is 1.91. The second-order valence-corrected chi connectivity index (χ2v) is 10.8. The van der Waals surface area contributed by atoms with Gasteiger partial charge in [-0.05, 0) is 36.8 Å². The van der Waals surface area contributed by atoms with Crippen molar-refractivity contribution in [1.82, 2.24) is 15.1 Å². The van der Waals surface area contributed by atoms with Gasteiger partial charge in [-0.2, -0.15) is 11.8 Å². The number of nitrogens with one attached hydrogen (secondary N) is 1. The standard InChI is InChI=1S/C24H38N4OS/c1-25-23(28-15-16-30-24(19-28)11-3-2-4-12-24)26-17-20-5-7-21(8-6-20)18-27-13-9-22(29)10-14-27/h5-8,22,29H,2-4,9-19H2,1H3,(H,25,26). The zero-order chi connectivity index (χ0) is 20.8. The summed E-state index contributed by atoms with van der Waals surface area (Å²) in [6.07, 6.45) is 8.61. The molecule has 0 amide bonds. The maximum Gasteiger partial charge on any atom is 0.193 e. The maximum absolute atomic E-state index is 9.67. The van der Waals surface area contributed by atoms with Crippen molar-refractivity contribution >= 4 is 17.7 Å². The molecule has 0 unspecified atom stereocenters. The van der Waals surface area contributed by atoms with E-state index in [1.807, 2.05) is 7.05 Å². The molecule has 0 atom stereocenters. The Morgan fingerprint density at radius 2 is 1.80 bits per heavy atom. The van der Waals surface area contributed by atoms with Gasteiger partial charge in [0.1, 0.15) is 0 Å². The van der Waals surface area contributed by atoms with Crippen LogP contribution in [0, 0.1) is 0 Å². The van der Waals surface area contributed by atoms with Crippen LogP contribution in [0.2, 0.25) is 0 Å². The van der Waals surface area contributed by atoms with E-state index in [1.165, 1.54) is 49.0 Å². The fraction of sp³-hybridized carbons (Fsp3) is 0.708. The van der Waals surface area contributed by atoms with E-state index in [9.17, 15) is 5.11 Å². The van der Waals surface area contributed by atoms with Gasteiger partial charge in [0, 0.05) is 56.8 Å². The highest BCUT2D eigenvalue weighted by Gasteiger charge is 2.38. The van der Waals surface area contributed by atoms with E-state index < -0.39 is 0 Å². The van der Waals surface area contributed by atoms with Gasteiger partial charge in [-0.3, -0.25) is 9.89 Å². The Labute approximate surface area is 186 Å². The third-order valence-electron chi connectivity index (χ3n) is 6.96. The molecule has 0 aromatic heterocycles. The predicted molar refractivity (Wildman–Crippen MR) is 127 cm³/mol. The van der Waals surface area contributed by atoms with Crippen LogP contribution in [0.4, 0.5) is 0 Å². The van der Waals surface area contributed by atoms with Crippen LogP contribution >= 0.6 is 11.8 Å². The molecule has 2 N–H and O–H groups in total. The van der Waals surface area contributed by atoms with E-state index in [-0.39, 0.29) is 6.10 Å². The van der Waals surface area contributed by atoms with Gasteiger partial charge in [-0.25, -0.2) is 0 Å². The lowest BCUT2D eigenvalue weighted by atomic mass is 9.87. The van der Waals surface area contributed by atoms with Gasteiger partial charge < -0.3 is 15.3 Å². The van der Waals surface area contributed by atoms with Crippen molar-refractivity contribution in [2.75, 3.05) is 39.0 Å². The summed E-state index contributed by atoms with van der Waals surface area (Å²) in [6, 6.07) is 8.98. The molecule has 1 spiro atoms. The Hall–Kier alpha value is -1.24. The first-order valence-electron chi connectivity index (χ1n) is 11.7. The number of rotatable bonds is 4. The summed E-state index contributed by atoms with van der Waals surface area (Å²) >= 11 is 2.21. The Morgan fingerprint density at radius 1 is 1.10 bits per heavy atom. The van der Waals surface area contributed by atoms with Crippen molar-refractivity contribution in [2.45, 2.75) is 68.9 Å². The molecule has 0 bridgehead atoms. The third-order valence-corrected chi connectivity index (χ3v) is 8.50. The van der Waals surface area contributed by atoms with Crippen LogP contribution < -0.4 is 5.32 Å². The van der Waals surface area contributed by atoms with E-state index in [4.69, 9.17) is 0 Å². The summed E-state index contributed by atoms with van der Waals surface area (Å²) in [5.41, 5.74) is 2.65. The van der Waals surface area contributed by atoms with Gasteiger partial charge in [0.15, 0.2) is 5.96 Å². The zero-order valence-electron chi connectivity index (χ0n) is 18.5. The van der Waals surface area contributed by atoms with Crippen LogP contribution in [0.3, 0.4) is 0 Å². The van der Waals surface area contributed by atoms with Crippen LogP contribution in [0.15, 0.2) is 29.3 Å². The summed E-state index contributed by atoms with van der Waals surface area (Å²) in [4.78, 5) is 9.53. The lowest BCUT2D eigenvalue weighted by molar-refractivity contribution is 0.0792. The highest BCUT2D eigenvalue weighted by Crippen LogP contribution is 2.42. The molecule has 2 saturated heterocycles. The smallest absolute Gasteiger partial charge is 0.193 e. The largest absolute Gasteiger partial charge is 0.393 e.